The predicted octanol–water partition coefficient (Wildman–Crippen LogP) is 2.41. The fourth-order valence-electron chi connectivity index (χ4n) is 2.25. The topological polar surface area (TPSA) is 50.1 Å². The second kappa shape index (κ2) is 4.45. The van der Waals surface area contributed by atoms with Gasteiger partial charge in [0.15, 0.2) is 0 Å². The van der Waals surface area contributed by atoms with Crippen LogP contribution in [0.25, 0.3) is 0 Å². The zero-order valence-electron chi connectivity index (χ0n) is 8.88. The Bertz CT molecular complexity index is 257. The molecular weight excluding hydrogens is 178 g/mol. The Morgan fingerprint density at radius 1 is 1.71 bits per heavy atom. The van der Waals surface area contributed by atoms with Gasteiger partial charge in [-0.05, 0) is 18.3 Å². The lowest BCUT2D eigenvalue weighted by Gasteiger charge is -2.36. The summed E-state index contributed by atoms with van der Waals surface area (Å²) in [5.41, 5.74) is 0.0472. The van der Waals surface area contributed by atoms with Crippen molar-refractivity contribution in [3.8, 4) is 6.07 Å². The minimum Gasteiger partial charge on any atom is -0.461 e. The Labute approximate surface area is 85.1 Å². The van der Waals surface area contributed by atoms with Gasteiger partial charge in [-0.25, -0.2) is 0 Å². The number of nitriles is 1. The Morgan fingerprint density at radius 3 is 3.00 bits per heavy atom. The van der Waals surface area contributed by atoms with E-state index in [1.54, 1.807) is 0 Å². The van der Waals surface area contributed by atoms with Crippen LogP contribution in [0.15, 0.2) is 0 Å². The molecule has 1 saturated heterocycles. The van der Waals surface area contributed by atoms with Crippen molar-refractivity contribution in [2.45, 2.75) is 52.1 Å². The quantitative estimate of drug-likeness (QED) is 0.650. The van der Waals surface area contributed by atoms with E-state index in [-0.39, 0.29) is 17.5 Å². The molecule has 78 valence electrons. The van der Waals surface area contributed by atoms with Crippen LogP contribution in [0.3, 0.4) is 0 Å². The summed E-state index contributed by atoms with van der Waals surface area (Å²) in [5.74, 6) is -0.146. The van der Waals surface area contributed by atoms with Crippen LogP contribution in [0.2, 0.25) is 0 Å². The lowest BCUT2D eigenvalue weighted by atomic mass is 9.75. The van der Waals surface area contributed by atoms with Crippen molar-refractivity contribution in [1.82, 2.24) is 0 Å². The molecule has 2 atom stereocenters. The van der Waals surface area contributed by atoms with Gasteiger partial charge in [0.2, 0.25) is 0 Å². The van der Waals surface area contributed by atoms with Crippen LogP contribution in [-0.4, -0.2) is 12.1 Å². The molecule has 0 spiro atoms. The average molecular weight is 195 g/mol. The SMILES string of the molecule is CCCC1(C)CC(=O)OC(CC#N)C1. The van der Waals surface area contributed by atoms with E-state index in [1.807, 2.05) is 0 Å². The molecule has 1 aliphatic rings. The fourth-order valence-corrected chi connectivity index (χ4v) is 2.25. The molecule has 0 aromatic carbocycles. The first-order valence-electron chi connectivity index (χ1n) is 5.16. The van der Waals surface area contributed by atoms with Crippen molar-refractivity contribution < 1.29 is 9.53 Å². The van der Waals surface area contributed by atoms with Crippen LogP contribution in [0.4, 0.5) is 0 Å². The highest BCUT2D eigenvalue weighted by Gasteiger charge is 2.36. The first kappa shape index (κ1) is 11.0. The largest absolute Gasteiger partial charge is 0.461 e. The van der Waals surface area contributed by atoms with Crippen molar-refractivity contribution in [2.75, 3.05) is 0 Å². The maximum atomic E-state index is 11.3. The lowest BCUT2D eigenvalue weighted by Crippen LogP contribution is -2.36. The zero-order chi connectivity index (χ0) is 10.6. The van der Waals surface area contributed by atoms with E-state index < -0.39 is 0 Å². The molecule has 0 N–H and O–H groups in total. The van der Waals surface area contributed by atoms with Crippen molar-refractivity contribution in [1.29, 1.82) is 5.26 Å². The van der Waals surface area contributed by atoms with Crippen molar-refractivity contribution >= 4 is 5.97 Å². The standard InChI is InChI=1S/C11H17NO2/c1-3-5-11(2)7-9(4-6-12)14-10(13)8-11/h9H,3-5,7-8H2,1-2H3. The van der Waals surface area contributed by atoms with Crippen molar-refractivity contribution in [2.24, 2.45) is 5.41 Å². The van der Waals surface area contributed by atoms with Gasteiger partial charge in [0.1, 0.15) is 6.10 Å². The molecule has 0 aliphatic carbocycles. The molecule has 0 saturated carbocycles. The van der Waals surface area contributed by atoms with Crippen molar-refractivity contribution in [3.63, 3.8) is 0 Å². The molecule has 3 heteroatoms. The van der Waals surface area contributed by atoms with Crippen LogP contribution in [0, 0.1) is 16.7 Å². The summed E-state index contributed by atoms with van der Waals surface area (Å²) in [4.78, 5) is 11.3. The summed E-state index contributed by atoms with van der Waals surface area (Å²) in [7, 11) is 0. The molecular formula is C11H17NO2. The van der Waals surface area contributed by atoms with E-state index in [4.69, 9.17) is 10.00 Å². The van der Waals surface area contributed by atoms with E-state index in [0.717, 1.165) is 19.3 Å². The van der Waals surface area contributed by atoms with Gasteiger partial charge in [0.05, 0.1) is 18.9 Å². The predicted molar refractivity (Wildman–Crippen MR) is 52.4 cm³/mol. The maximum Gasteiger partial charge on any atom is 0.306 e. The number of ether oxygens (including phenoxy) is 1. The number of hydrogen-bond acceptors (Lipinski definition) is 3. The molecule has 1 aliphatic heterocycles. The number of carbonyl (C=O) groups excluding carboxylic acids is 1. The highest BCUT2D eigenvalue weighted by Crippen LogP contribution is 2.38. The van der Waals surface area contributed by atoms with E-state index in [2.05, 4.69) is 19.9 Å². The second-order valence-electron chi connectivity index (χ2n) is 4.42. The first-order valence-corrected chi connectivity index (χ1v) is 5.16. The smallest absolute Gasteiger partial charge is 0.306 e. The third-order valence-corrected chi connectivity index (χ3v) is 2.76. The minimum absolute atomic E-state index is 0.0472. The van der Waals surface area contributed by atoms with Gasteiger partial charge < -0.3 is 4.74 Å². The molecule has 1 fully saturated rings. The fraction of sp³-hybridized carbons (Fsp3) is 0.818. The Kier molecular flexibility index (Phi) is 3.51. The zero-order valence-corrected chi connectivity index (χ0v) is 8.88. The van der Waals surface area contributed by atoms with E-state index >= 15 is 0 Å². The van der Waals surface area contributed by atoms with Gasteiger partial charge in [-0.3, -0.25) is 4.79 Å². The highest BCUT2D eigenvalue weighted by atomic mass is 16.5. The Hall–Kier alpha value is -1.04. The Balaban J connectivity index is 2.62. The minimum atomic E-state index is -0.183. The molecule has 0 aromatic rings. The number of cyclic esters (lactones) is 1. The van der Waals surface area contributed by atoms with E-state index in [9.17, 15) is 4.79 Å². The number of carbonyl (C=O) groups is 1. The third-order valence-electron chi connectivity index (χ3n) is 2.76. The molecule has 14 heavy (non-hydrogen) atoms. The van der Waals surface area contributed by atoms with Crippen LogP contribution in [-0.2, 0) is 9.53 Å². The summed E-state index contributed by atoms with van der Waals surface area (Å²) in [5, 5.41) is 8.56. The molecule has 0 radical (unpaired) electrons. The number of rotatable bonds is 3. The van der Waals surface area contributed by atoms with Gasteiger partial charge in [-0.1, -0.05) is 20.3 Å². The summed E-state index contributed by atoms with van der Waals surface area (Å²) in [6.07, 6.45) is 3.58. The van der Waals surface area contributed by atoms with E-state index in [0.29, 0.717) is 12.8 Å². The van der Waals surface area contributed by atoms with Gasteiger partial charge >= 0.3 is 5.97 Å². The first-order chi connectivity index (χ1) is 6.59. The van der Waals surface area contributed by atoms with Gasteiger partial charge in [0.25, 0.3) is 0 Å². The summed E-state index contributed by atoms with van der Waals surface area (Å²) in [6.45, 7) is 4.23. The molecule has 0 bridgehead atoms. The monoisotopic (exact) mass is 195 g/mol. The van der Waals surface area contributed by atoms with Crippen LogP contribution in [0.5, 0.6) is 0 Å². The number of esters is 1. The third kappa shape index (κ3) is 2.73. The molecule has 3 nitrogen and oxygen atoms in total. The van der Waals surface area contributed by atoms with Crippen LogP contribution < -0.4 is 0 Å². The normalized spacial score (nSPS) is 32.1. The number of nitrogens with zero attached hydrogens (tertiary/aromatic N) is 1. The van der Waals surface area contributed by atoms with Gasteiger partial charge in [-0.2, -0.15) is 5.26 Å². The highest BCUT2D eigenvalue weighted by molar-refractivity contribution is 5.71. The molecule has 1 rings (SSSR count). The Morgan fingerprint density at radius 2 is 2.43 bits per heavy atom. The van der Waals surface area contributed by atoms with Crippen molar-refractivity contribution in [3.05, 3.63) is 0 Å². The maximum absolute atomic E-state index is 11.3. The average Bonchev–Trinajstić information content (AvgIpc) is 2.02. The molecule has 0 aromatic heterocycles. The van der Waals surface area contributed by atoms with Crippen LogP contribution >= 0.6 is 0 Å². The van der Waals surface area contributed by atoms with Gasteiger partial charge in [-0.15, -0.1) is 0 Å². The lowest BCUT2D eigenvalue weighted by molar-refractivity contribution is -0.161. The second-order valence-corrected chi connectivity index (χ2v) is 4.42. The summed E-state index contributed by atoms with van der Waals surface area (Å²) in [6, 6.07) is 2.06. The molecule has 1 heterocycles. The summed E-state index contributed by atoms with van der Waals surface area (Å²) < 4.78 is 5.11. The molecule has 0 amide bonds. The summed E-state index contributed by atoms with van der Waals surface area (Å²) >= 11 is 0. The number of hydrogen-bond donors (Lipinski definition) is 0. The van der Waals surface area contributed by atoms with E-state index in [1.165, 1.54) is 0 Å². The van der Waals surface area contributed by atoms with Crippen LogP contribution in [0.1, 0.15) is 46.0 Å². The molecule has 2 unspecified atom stereocenters. The van der Waals surface area contributed by atoms with Gasteiger partial charge in [0, 0.05) is 0 Å².